The van der Waals surface area contributed by atoms with Crippen molar-refractivity contribution in [2.45, 2.75) is 36.0 Å². The largest absolute Gasteiger partial charge is 1.00 e. The molecule has 0 bridgehead atoms. The first-order valence-corrected chi connectivity index (χ1v) is 16.5. The van der Waals surface area contributed by atoms with Crippen molar-refractivity contribution in [1.29, 1.82) is 0 Å². The van der Waals surface area contributed by atoms with Crippen molar-refractivity contribution in [2.75, 3.05) is 0 Å². The molecule has 2 aliphatic carbocycles. The van der Waals surface area contributed by atoms with E-state index in [2.05, 4.69) is 47.5 Å². The van der Waals surface area contributed by atoms with Crippen LogP contribution in [0.3, 0.4) is 0 Å². The summed E-state index contributed by atoms with van der Waals surface area (Å²) in [6, 6.07) is 0. The zero-order valence-corrected chi connectivity index (χ0v) is 16.1. The van der Waals surface area contributed by atoms with E-state index in [1.807, 2.05) is 6.66 Å². The molecule has 0 heterocycles. The average Bonchev–Trinajstić information content (AvgIpc) is 2.73. The number of allylic oxidation sites excluding steroid dienone is 8. The third kappa shape index (κ3) is 3.24. The first-order valence-electron chi connectivity index (χ1n) is 5.77. The molecule has 0 aromatic heterocycles. The molecule has 0 fully saturated rings. The monoisotopic (exact) mass is 438 g/mol. The predicted molar refractivity (Wildman–Crippen MR) is 64.6 cm³/mol. The second-order valence-electron chi connectivity index (χ2n) is 5.16. The number of hydrogen-bond acceptors (Lipinski definition) is 0. The molecule has 0 aromatic carbocycles. The second kappa shape index (κ2) is 6.54. The Morgan fingerprint density at radius 2 is 1.18 bits per heavy atom. The van der Waals surface area contributed by atoms with Gasteiger partial charge in [-0.3, -0.25) is 0 Å². The van der Waals surface area contributed by atoms with Gasteiger partial charge < -0.3 is 24.8 Å². The average molecular weight is 438 g/mol. The van der Waals surface area contributed by atoms with Gasteiger partial charge in [0.25, 0.3) is 0 Å². The normalized spacial score (nSPS) is 17.6. The van der Waals surface area contributed by atoms with Crippen LogP contribution in [0.25, 0.3) is 0 Å². The van der Waals surface area contributed by atoms with Crippen LogP contribution in [0.4, 0.5) is 0 Å². The Morgan fingerprint density at radius 3 is 1.41 bits per heavy atom. The number of rotatable bonds is 2. The van der Waals surface area contributed by atoms with Crippen molar-refractivity contribution >= 4 is 0 Å². The van der Waals surface area contributed by atoms with Crippen LogP contribution >= 0.6 is 0 Å². The number of halogens is 2. The fraction of sp³-hybridized carbons (Fsp3) is 0.429. The Kier molecular flexibility index (Phi) is 6.70. The van der Waals surface area contributed by atoms with Gasteiger partial charge in [-0.25, -0.2) is 0 Å². The fourth-order valence-electron chi connectivity index (χ4n) is 2.91. The summed E-state index contributed by atoms with van der Waals surface area (Å²) in [7, 11) is 0. The SMILES string of the molecule is CC1=[C]([Hf+2]([CH3])([CH3])[C]2=C(C)C=CC2)CC=C1.[Cl-].[Cl-]. The van der Waals surface area contributed by atoms with Gasteiger partial charge in [0.1, 0.15) is 0 Å². The van der Waals surface area contributed by atoms with E-state index >= 15 is 0 Å². The fourth-order valence-corrected chi connectivity index (χ4v) is 16.4. The summed E-state index contributed by atoms with van der Waals surface area (Å²) in [6.45, 7) is 4.58. The first-order chi connectivity index (χ1) is 7.03. The molecule has 0 N–H and O–H groups in total. The third-order valence-corrected chi connectivity index (χ3v) is 19.0. The van der Waals surface area contributed by atoms with Gasteiger partial charge in [0.05, 0.1) is 0 Å². The minimum atomic E-state index is -2.27. The summed E-state index contributed by atoms with van der Waals surface area (Å²) in [5.74, 6) is 0. The summed E-state index contributed by atoms with van der Waals surface area (Å²) in [5.41, 5.74) is 3.13. The maximum Gasteiger partial charge on any atom is -1.00 e. The van der Waals surface area contributed by atoms with Crippen molar-refractivity contribution in [3.8, 4) is 0 Å². The first kappa shape index (κ1) is 17.4. The predicted octanol–water partition coefficient (Wildman–Crippen LogP) is -1.29. The maximum atomic E-state index is 2.59. The minimum Gasteiger partial charge on any atom is -1.00 e. The summed E-state index contributed by atoms with van der Waals surface area (Å²) in [6.07, 6.45) is 11.8. The Balaban J connectivity index is 0.00000128. The van der Waals surface area contributed by atoms with Crippen LogP contribution in [0, 0.1) is 0 Å². The van der Waals surface area contributed by atoms with Crippen molar-refractivity contribution < 1.29 is 44.8 Å². The quantitative estimate of drug-likeness (QED) is 0.472. The molecule has 0 nitrogen and oxygen atoms in total. The van der Waals surface area contributed by atoms with Gasteiger partial charge in [-0.1, -0.05) is 0 Å². The van der Waals surface area contributed by atoms with E-state index < -0.39 is 20.0 Å². The van der Waals surface area contributed by atoms with Crippen LogP contribution in [0.2, 0.25) is 9.36 Å². The van der Waals surface area contributed by atoms with E-state index in [0.29, 0.717) is 0 Å². The Hall–Kier alpha value is 0.410. The van der Waals surface area contributed by atoms with Crippen LogP contribution in [0.15, 0.2) is 42.1 Å². The molecule has 0 unspecified atom stereocenters. The Labute approximate surface area is 122 Å². The molecule has 0 saturated heterocycles. The molecule has 17 heavy (non-hydrogen) atoms. The maximum absolute atomic E-state index is 2.59. The summed E-state index contributed by atoms with van der Waals surface area (Å²) in [4.78, 5) is 0. The van der Waals surface area contributed by atoms with E-state index in [1.165, 1.54) is 12.8 Å². The standard InChI is InChI=1S/2C6H7.2CH3.2ClH.Hf/c2*1-6-4-2-3-5-6;;;;;/h2*2,4H,3H2,1H3;2*1H3;2*1H;/q;;;;;;+2/p-2. The molecule has 0 aromatic rings. The van der Waals surface area contributed by atoms with Crippen LogP contribution in [0.5, 0.6) is 0 Å². The van der Waals surface area contributed by atoms with Gasteiger partial charge in [0, 0.05) is 0 Å². The molecule has 0 atom stereocenters. The molecule has 0 spiro atoms. The summed E-state index contributed by atoms with van der Waals surface area (Å²) < 4.78 is 8.82. The molecule has 3 heteroatoms. The summed E-state index contributed by atoms with van der Waals surface area (Å²) in [5, 5.41) is 0. The van der Waals surface area contributed by atoms with E-state index in [-0.39, 0.29) is 24.8 Å². The number of hydrogen-bond donors (Lipinski definition) is 0. The molecule has 94 valence electrons. The van der Waals surface area contributed by atoms with Crippen LogP contribution in [0.1, 0.15) is 26.7 Å². The molecule has 0 aliphatic heterocycles. The van der Waals surface area contributed by atoms with E-state index in [9.17, 15) is 0 Å². The smallest absolute Gasteiger partial charge is 1.00 e. The van der Waals surface area contributed by atoms with Crippen LogP contribution in [-0.4, -0.2) is 0 Å². The topological polar surface area (TPSA) is 0 Å². The van der Waals surface area contributed by atoms with E-state index in [4.69, 9.17) is 0 Å². The zero-order chi connectivity index (χ0) is 11.1. The van der Waals surface area contributed by atoms with Crippen molar-refractivity contribution in [1.82, 2.24) is 0 Å². The molecule has 0 radical (unpaired) electrons. The van der Waals surface area contributed by atoms with E-state index in [0.717, 1.165) is 0 Å². The molecule has 0 amide bonds. The zero-order valence-electron chi connectivity index (χ0n) is 11.0. The molecular weight excluding hydrogens is 418 g/mol. The van der Waals surface area contributed by atoms with Gasteiger partial charge >= 0.3 is 98.1 Å². The third-order valence-electron chi connectivity index (χ3n) is 3.84. The van der Waals surface area contributed by atoms with Crippen LogP contribution in [-0.2, 0) is 20.0 Å². The second-order valence-corrected chi connectivity index (χ2v) is 21.2. The van der Waals surface area contributed by atoms with Crippen LogP contribution < -0.4 is 24.8 Å². The Morgan fingerprint density at radius 1 is 0.824 bits per heavy atom. The van der Waals surface area contributed by atoms with Gasteiger partial charge in [-0.2, -0.15) is 0 Å². The van der Waals surface area contributed by atoms with Crippen molar-refractivity contribution in [3.63, 3.8) is 0 Å². The van der Waals surface area contributed by atoms with Gasteiger partial charge in [0.15, 0.2) is 0 Å². The van der Waals surface area contributed by atoms with E-state index in [1.54, 1.807) is 11.1 Å². The van der Waals surface area contributed by atoms with Gasteiger partial charge in [0.2, 0.25) is 0 Å². The summed E-state index contributed by atoms with van der Waals surface area (Å²) >= 11 is -2.27. The molecule has 2 aliphatic rings. The van der Waals surface area contributed by atoms with Gasteiger partial charge in [-0.05, 0) is 0 Å². The molecule has 0 saturated carbocycles. The van der Waals surface area contributed by atoms with Crippen molar-refractivity contribution in [2.24, 2.45) is 0 Å². The Bertz CT molecular complexity index is 374. The molecular formula is C14H20Cl2Hf. The van der Waals surface area contributed by atoms with Crippen molar-refractivity contribution in [3.05, 3.63) is 42.1 Å². The minimum absolute atomic E-state index is 0. The molecule has 2 rings (SSSR count). The van der Waals surface area contributed by atoms with Gasteiger partial charge in [-0.15, -0.1) is 0 Å².